The Hall–Kier alpha value is -1.89. The van der Waals surface area contributed by atoms with E-state index in [1.165, 1.54) is 18.2 Å². The molecule has 0 saturated carbocycles. The highest BCUT2D eigenvalue weighted by molar-refractivity contribution is 7.90. The first kappa shape index (κ1) is 10.6. The first-order valence-electron chi connectivity index (χ1n) is 4.29. The van der Waals surface area contributed by atoms with Crippen LogP contribution in [-0.4, -0.2) is 27.2 Å². The summed E-state index contributed by atoms with van der Waals surface area (Å²) >= 11 is 0. The van der Waals surface area contributed by atoms with Crippen LogP contribution in [0.15, 0.2) is 27.5 Å². The summed E-state index contributed by atoms with van der Waals surface area (Å²) in [4.78, 5) is 11.2. The lowest BCUT2D eigenvalue weighted by molar-refractivity contribution is -0.132. The van der Waals surface area contributed by atoms with Gasteiger partial charge < -0.3 is 10.5 Å². The molecule has 16 heavy (non-hydrogen) atoms. The summed E-state index contributed by atoms with van der Waals surface area (Å²) in [5.41, 5.74) is 5.78. The molecule has 0 spiro atoms. The van der Waals surface area contributed by atoms with Gasteiger partial charge in [-0.1, -0.05) is 0 Å². The molecule has 1 aliphatic heterocycles. The van der Waals surface area contributed by atoms with Crippen LogP contribution in [0.1, 0.15) is 5.56 Å². The van der Waals surface area contributed by atoms with E-state index >= 15 is 0 Å². The van der Waals surface area contributed by atoms with Crippen molar-refractivity contribution in [3.63, 3.8) is 0 Å². The SMILES string of the molecule is COC(=O)C1=NS(=O)(=O)c2cc(N)ccc21. The molecule has 2 N–H and O–H groups in total. The van der Waals surface area contributed by atoms with Crippen molar-refractivity contribution < 1.29 is 17.9 Å². The molecule has 1 aromatic rings. The Bertz CT molecular complexity index is 604. The largest absolute Gasteiger partial charge is 0.464 e. The smallest absolute Gasteiger partial charge is 0.358 e. The van der Waals surface area contributed by atoms with Gasteiger partial charge in [0.25, 0.3) is 10.0 Å². The second kappa shape index (κ2) is 3.31. The minimum atomic E-state index is -3.83. The number of nitrogen functional groups attached to an aromatic ring is 1. The van der Waals surface area contributed by atoms with Gasteiger partial charge in [0.2, 0.25) is 0 Å². The van der Waals surface area contributed by atoms with Crippen molar-refractivity contribution in [2.24, 2.45) is 4.40 Å². The van der Waals surface area contributed by atoms with Gasteiger partial charge >= 0.3 is 5.97 Å². The Morgan fingerprint density at radius 1 is 1.44 bits per heavy atom. The summed E-state index contributed by atoms with van der Waals surface area (Å²) in [6, 6.07) is 4.20. The number of carbonyl (C=O) groups excluding carboxylic acids is 1. The number of rotatable bonds is 1. The fraction of sp³-hybridized carbons (Fsp3) is 0.111. The van der Waals surface area contributed by atoms with Crippen molar-refractivity contribution >= 4 is 27.4 Å². The average molecular weight is 240 g/mol. The number of nitrogens with two attached hydrogens (primary N) is 1. The maximum atomic E-state index is 11.6. The predicted octanol–water partition coefficient (Wildman–Crippen LogP) is -0.0668. The van der Waals surface area contributed by atoms with Crippen molar-refractivity contribution in [2.75, 3.05) is 12.8 Å². The summed E-state index contributed by atoms with van der Waals surface area (Å²) in [5, 5.41) is 0. The minimum Gasteiger partial charge on any atom is -0.464 e. The first-order chi connectivity index (χ1) is 7.45. The van der Waals surface area contributed by atoms with Crippen molar-refractivity contribution in [1.82, 2.24) is 0 Å². The van der Waals surface area contributed by atoms with Crippen LogP contribution in [0.2, 0.25) is 0 Å². The number of esters is 1. The Balaban J connectivity index is 2.70. The van der Waals surface area contributed by atoms with Gasteiger partial charge in [0.05, 0.1) is 7.11 Å². The lowest BCUT2D eigenvalue weighted by atomic mass is 10.1. The van der Waals surface area contributed by atoms with Crippen LogP contribution >= 0.6 is 0 Å². The molecular weight excluding hydrogens is 232 g/mol. The van der Waals surface area contributed by atoms with Gasteiger partial charge in [0.15, 0.2) is 5.71 Å². The van der Waals surface area contributed by atoms with Crippen LogP contribution in [0, 0.1) is 0 Å². The predicted molar refractivity (Wildman–Crippen MR) is 56.6 cm³/mol. The van der Waals surface area contributed by atoms with Gasteiger partial charge in [0, 0.05) is 11.3 Å². The molecule has 0 aliphatic carbocycles. The topological polar surface area (TPSA) is 98.8 Å². The number of hydrogen-bond donors (Lipinski definition) is 1. The van der Waals surface area contributed by atoms with E-state index in [0.29, 0.717) is 5.69 Å². The van der Waals surface area contributed by atoms with Crippen LogP contribution in [0.3, 0.4) is 0 Å². The van der Waals surface area contributed by atoms with Crippen molar-refractivity contribution in [2.45, 2.75) is 4.90 Å². The number of anilines is 1. The lowest BCUT2D eigenvalue weighted by Gasteiger charge is -2.00. The van der Waals surface area contributed by atoms with Crippen LogP contribution in [-0.2, 0) is 19.6 Å². The summed E-state index contributed by atoms with van der Waals surface area (Å²) in [6.07, 6.45) is 0. The highest BCUT2D eigenvalue weighted by Gasteiger charge is 2.33. The van der Waals surface area contributed by atoms with Crippen molar-refractivity contribution in [1.29, 1.82) is 0 Å². The number of ether oxygens (including phenoxy) is 1. The summed E-state index contributed by atoms with van der Waals surface area (Å²) in [7, 11) is -2.67. The van der Waals surface area contributed by atoms with Gasteiger partial charge in [-0.3, -0.25) is 0 Å². The van der Waals surface area contributed by atoms with E-state index in [1.807, 2.05) is 0 Å². The molecule has 0 aromatic heterocycles. The normalized spacial score (nSPS) is 16.4. The molecule has 6 nitrogen and oxygen atoms in total. The second-order valence-electron chi connectivity index (χ2n) is 3.16. The zero-order chi connectivity index (χ0) is 11.9. The summed E-state index contributed by atoms with van der Waals surface area (Å²) < 4.78 is 31.0. The molecule has 0 fully saturated rings. The third kappa shape index (κ3) is 1.45. The van der Waals surface area contributed by atoms with Gasteiger partial charge in [-0.2, -0.15) is 12.8 Å². The molecule has 1 aliphatic rings. The molecule has 1 heterocycles. The number of methoxy groups -OCH3 is 1. The van der Waals surface area contributed by atoms with Crippen LogP contribution in [0.5, 0.6) is 0 Å². The van der Waals surface area contributed by atoms with Gasteiger partial charge in [0.1, 0.15) is 4.90 Å². The lowest BCUT2D eigenvalue weighted by Crippen LogP contribution is -2.15. The van der Waals surface area contributed by atoms with E-state index in [4.69, 9.17) is 5.73 Å². The highest BCUT2D eigenvalue weighted by Crippen LogP contribution is 2.28. The zero-order valence-corrected chi connectivity index (χ0v) is 9.11. The fourth-order valence-electron chi connectivity index (χ4n) is 1.41. The first-order valence-corrected chi connectivity index (χ1v) is 5.73. The van der Waals surface area contributed by atoms with E-state index in [2.05, 4.69) is 9.13 Å². The number of nitrogens with zero attached hydrogens (tertiary/aromatic N) is 1. The monoisotopic (exact) mass is 240 g/mol. The molecule has 0 bridgehead atoms. The molecule has 0 saturated heterocycles. The quantitative estimate of drug-likeness (QED) is 0.547. The standard InChI is InChI=1S/C9H8N2O4S/c1-15-9(12)8-6-3-2-5(10)4-7(6)16(13,14)11-8/h2-4H,10H2,1H3. The van der Waals surface area contributed by atoms with E-state index in [-0.39, 0.29) is 16.2 Å². The second-order valence-corrected chi connectivity index (χ2v) is 4.73. The number of hydrogen-bond acceptors (Lipinski definition) is 5. The number of benzene rings is 1. The Kier molecular flexibility index (Phi) is 2.20. The molecule has 0 unspecified atom stereocenters. The summed E-state index contributed by atoms with van der Waals surface area (Å²) in [6.45, 7) is 0. The van der Waals surface area contributed by atoms with Gasteiger partial charge in [-0.15, -0.1) is 0 Å². The molecule has 1 aromatic carbocycles. The van der Waals surface area contributed by atoms with Crippen molar-refractivity contribution in [3.05, 3.63) is 23.8 Å². The van der Waals surface area contributed by atoms with Crippen LogP contribution in [0.25, 0.3) is 0 Å². The Morgan fingerprint density at radius 3 is 2.75 bits per heavy atom. The van der Waals surface area contributed by atoms with E-state index < -0.39 is 16.0 Å². The molecule has 84 valence electrons. The number of fused-ring (bicyclic) bond motifs is 1. The molecule has 0 radical (unpaired) electrons. The van der Waals surface area contributed by atoms with Crippen LogP contribution in [0.4, 0.5) is 5.69 Å². The van der Waals surface area contributed by atoms with E-state index in [9.17, 15) is 13.2 Å². The van der Waals surface area contributed by atoms with Gasteiger partial charge in [-0.05, 0) is 18.2 Å². The minimum absolute atomic E-state index is 0.0621. The third-order valence-electron chi connectivity index (χ3n) is 2.13. The van der Waals surface area contributed by atoms with Gasteiger partial charge in [-0.25, -0.2) is 4.79 Å². The Morgan fingerprint density at radius 2 is 2.12 bits per heavy atom. The summed E-state index contributed by atoms with van der Waals surface area (Å²) in [5.74, 6) is -0.785. The Labute approximate surface area is 91.8 Å². The zero-order valence-electron chi connectivity index (χ0n) is 8.30. The average Bonchev–Trinajstić information content (AvgIpc) is 2.50. The molecule has 2 rings (SSSR count). The number of sulfonamides is 1. The fourth-order valence-corrected chi connectivity index (χ4v) is 2.65. The van der Waals surface area contributed by atoms with Crippen LogP contribution < -0.4 is 5.73 Å². The van der Waals surface area contributed by atoms with E-state index in [1.54, 1.807) is 0 Å². The highest BCUT2D eigenvalue weighted by atomic mass is 32.2. The molecule has 7 heteroatoms. The maximum Gasteiger partial charge on any atom is 0.358 e. The molecule has 0 atom stereocenters. The molecule has 0 amide bonds. The molecular formula is C9H8N2O4S. The van der Waals surface area contributed by atoms with Crippen molar-refractivity contribution in [3.8, 4) is 0 Å². The maximum absolute atomic E-state index is 11.6. The number of carbonyl (C=O) groups is 1. The third-order valence-corrected chi connectivity index (χ3v) is 3.45. The van der Waals surface area contributed by atoms with E-state index in [0.717, 1.165) is 7.11 Å².